The molecule has 0 saturated heterocycles. The topological polar surface area (TPSA) is 32.1 Å². The fourth-order valence-electron chi connectivity index (χ4n) is 4.30. The Bertz CT molecular complexity index is 874. The second-order valence-corrected chi connectivity index (χ2v) is 11.4. The quantitative estimate of drug-likeness (QED) is 0.252. The van der Waals surface area contributed by atoms with Gasteiger partial charge in [-0.25, -0.2) is 8.97 Å². The number of carbonyl (C=O) groups is 1. The third kappa shape index (κ3) is 12.8. The van der Waals surface area contributed by atoms with Gasteiger partial charge in [-0.3, -0.25) is 4.79 Å². The van der Waals surface area contributed by atoms with Crippen molar-refractivity contribution in [2.24, 2.45) is 17.3 Å². The molecule has 0 unspecified atom stereocenters. The van der Waals surface area contributed by atoms with Crippen LogP contribution in [0.2, 0.25) is 0 Å². The number of aryl methyl sites for hydroxylation is 1. The Morgan fingerprint density at radius 3 is 2.25 bits per heavy atom. The van der Waals surface area contributed by atoms with Gasteiger partial charge in [-0.2, -0.15) is 0 Å². The van der Waals surface area contributed by atoms with E-state index in [1.807, 2.05) is 14.1 Å². The molecule has 2 aliphatic carbocycles. The molecule has 3 aliphatic rings. The van der Waals surface area contributed by atoms with E-state index in [1.54, 1.807) is 19.1 Å². The van der Waals surface area contributed by atoms with Gasteiger partial charge in [0.1, 0.15) is 5.82 Å². The summed E-state index contributed by atoms with van der Waals surface area (Å²) in [7, 11) is 3.75. The molecule has 1 heterocycles. The van der Waals surface area contributed by atoms with Crippen molar-refractivity contribution in [3.8, 4) is 0 Å². The molecule has 0 aromatic heterocycles. The highest BCUT2D eigenvalue weighted by molar-refractivity contribution is 5.75. The fourth-order valence-corrected chi connectivity index (χ4v) is 4.30. The molecule has 0 amide bonds. The zero-order valence-electron chi connectivity index (χ0n) is 24.1. The maximum atomic E-state index is 12.8. The molecule has 2 fully saturated rings. The van der Waals surface area contributed by atoms with Crippen LogP contribution in [0.25, 0.3) is 0 Å². The van der Waals surface area contributed by atoms with Crippen LogP contribution in [0.3, 0.4) is 0 Å². The van der Waals surface area contributed by atoms with Crippen LogP contribution in [0, 0.1) is 30.0 Å². The van der Waals surface area contributed by atoms with Crippen molar-refractivity contribution >= 4 is 12.5 Å². The van der Waals surface area contributed by atoms with Crippen LogP contribution in [0.15, 0.2) is 42.1 Å². The Labute approximate surface area is 221 Å². The van der Waals surface area contributed by atoms with Crippen LogP contribution < -0.4 is 5.32 Å². The highest BCUT2D eigenvalue weighted by atomic mass is 19.1. The van der Waals surface area contributed by atoms with E-state index in [2.05, 4.69) is 56.6 Å². The molecule has 0 atom stereocenters. The van der Waals surface area contributed by atoms with E-state index in [0.717, 1.165) is 5.92 Å². The van der Waals surface area contributed by atoms with Crippen LogP contribution in [-0.4, -0.2) is 37.7 Å². The minimum Gasteiger partial charge on any atom is -0.323 e. The lowest BCUT2D eigenvalue weighted by Gasteiger charge is -2.23. The monoisotopic (exact) mass is 499 g/mol. The number of halogens is 1. The molecule has 1 N–H and O–H groups in total. The summed E-state index contributed by atoms with van der Waals surface area (Å²) >= 11 is 0. The molecule has 1 aromatic carbocycles. The van der Waals surface area contributed by atoms with Gasteiger partial charge in [0.25, 0.3) is 0 Å². The fraction of sp³-hybridized carbons (Fsp3) is 0.625. The number of benzene rings is 1. The maximum absolute atomic E-state index is 12.8. The predicted molar refractivity (Wildman–Crippen MR) is 154 cm³/mol. The van der Waals surface area contributed by atoms with E-state index in [9.17, 15) is 9.18 Å². The Morgan fingerprint density at radius 2 is 1.81 bits per heavy atom. The number of hydrogen-bond donors (Lipinski definition) is 1. The number of hydrogen-bond acceptors (Lipinski definition) is 2. The van der Waals surface area contributed by atoms with Crippen LogP contribution in [0.5, 0.6) is 0 Å². The van der Waals surface area contributed by atoms with E-state index in [4.69, 9.17) is 0 Å². The van der Waals surface area contributed by atoms with Crippen LogP contribution in [0.4, 0.5) is 4.39 Å². The summed E-state index contributed by atoms with van der Waals surface area (Å²) in [5.74, 6) is 1.23. The lowest BCUT2D eigenvalue weighted by Crippen LogP contribution is -2.09. The normalized spacial score (nSPS) is 19.1. The van der Waals surface area contributed by atoms with Gasteiger partial charge >= 0.3 is 0 Å². The Morgan fingerprint density at radius 1 is 1.19 bits per heavy atom. The summed E-state index contributed by atoms with van der Waals surface area (Å²) in [6.45, 7) is 16.0. The highest BCUT2D eigenvalue weighted by Crippen LogP contribution is 2.43. The van der Waals surface area contributed by atoms with Crippen molar-refractivity contribution in [1.29, 1.82) is 0 Å². The number of nitrogens with one attached hydrogen (secondary N) is 1. The van der Waals surface area contributed by atoms with E-state index < -0.39 is 5.82 Å². The zero-order chi connectivity index (χ0) is 27.1. The Hall–Kier alpha value is -2.07. The molecule has 2 saturated carbocycles. The molecule has 0 radical (unpaired) electrons. The second kappa shape index (κ2) is 16.6. The maximum Gasteiger partial charge on any atom is 0.167 e. The van der Waals surface area contributed by atoms with Crippen LogP contribution >= 0.6 is 0 Å². The Balaban J connectivity index is 0.000000257. The van der Waals surface area contributed by atoms with E-state index >= 15 is 0 Å². The van der Waals surface area contributed by atoms with Gasteiger partial charge < -0.3 is 5.32 Å². The van der Waals surface area contributed by atoms with Crippen LogP contribution in [0.1, 0.15) is 101 Å². The Kier molecular flexibility index (Phi) is 14.8. The van der Waals surface area contributed by atoms with Gasteiger partial charge in [0.2, 0.25) is 0 Å². The van der Waals surface area contributed by atoms with E-state index in [-0.39, 0.29) is 5.56 Å². The standard InChI is InChI=1S/C12H22.C10H16N.C8H7FO.C2H7N/c1-10(2)11(3)9-12-7-5-4-6-8-12;1-9-3-6-11(7-9)8-10(2)4-5-10;1-6-3-2-4-7(5-10)8(6)9;1-3-2/h10,12H,3-9H2,1-2H3;7-8H,3-6H2,1-2H3;2-5H,1H3;3H,1-2H3/q;+1;;. The summed E-state index contributed by atoms with van der Waals surface area (Å²) in [5, 5.41) is 2.75. The van der Waals surface area contributed by atoms with Crippen molar-refractivity contribution in [2.45, 2.75) is 92.4 Å². The molecule has 202 valence electrons. The minimum absolute atomic E-state index is 0.125. The molecule has 1 aromatic rings. The molecule has 0 bridgehead atoms. The lowest BCUT2D eigenvalue weighted by molar-refractivity contribution is -0.444. The molecular formula is C32H52FN2O+. The van der Waals surface area contributed by atoms with Gasteiger partial charge in [0, 0.05) is 11.8 Å². The molecule has 0 spiro atoms. The minimum atomic E-state index is -0.419. The van der Waals surface area contributed by atoms with Gasteiger partial charge in [-0.15, -0.1) is 0 Å². The number of rotatable bonds is 5. The summed E-state index contributed by atoms with van der Waals surface area (Å²) in [6.07, 6.45) is 17.8. The first kappa shape index (κ1) is 32.0. The molecule has 4 heteroatoms. The smallest absolute Gasteiger partial charge is 0.167 e. The van der Waals surface area contributed by atoms with Gasteiger partial charge in [-0.05, 0) is 76.2 Å². The van der Waals surface area contributed by atoms with Crippen molar-refractivity contribution in [2.75, 3.05) is 20.6 Å². The van der Waals surface area contributed by atoms with Crippen molar-refractivity contribution < 1.29 is 13.8 Å². The van der Waals surface area contributed by atoms with Gasteiger partial charge in [-0.1, -0.05) is 77.2 Å². The number of nitrogens with zero attached hydrogens (tertiary/aromatic N) is 1. The average molecular weight is 500 g/mol. The SMILES string of the molecule is C=C(CC1CCCCC1)C(C)C.CC1=C[N+](=CC2(C)CC2)CC1.CNC.Cc1cccc(C=O)c1F. The molecule has 1 aliphatic heterocycles. The number of carbonyl (C=O) groups excluding carboxylic acids is 1. The first-order chi connectivity index (χ1) is 17.0. The average Bonchev–Trinajstić information content (AvgIpc) is 3.43. The third-order valence-corrected chi connectivity index (χ3v) is 7.11. The predicted octanol–water partition coefficient (Wildman–Crippen LogP) is 8.13. The summed E-state index contributed by atoms with van der Waals surface area (Å²) in [6, 6.07) is 4.74. The first-order valence-electron chi connectivity index (χ1n) is 13.8. The van der Waals surface area contributed by atoms with Gasteiger partial charge in [0.05, 0.1) is 5.56 Å². The number of aldehydes is 1. The summed E-state index contributed by atoms with van der Waals surface area (Å²) < 4.78 is 15.1. The summed E-state index contributed by atoms with van der Waals surface area (Å²) in [5.41, 5.74) is 4.17. The second-order valence-electron chi connectivity index (χ2n) is 11.4. The van der Waals surface area contributed by atoms with Crippen molar-refractivity contribution in [3.05, 3.63) is 59.1 Å². The molecular weight excluding hydrogens is 447 g/mol. The number of allylic oxidation sites excluding steroid dienone is 1. The molecule has 4 rings (SSSR count). The lowest BCUT2D eigenvalue weighted by atomic mass is 9.83. The van der Waals surface area contributed by atoms with Crippen molar-refractivity contribution in [3.63, 3.8) is 0 Å². The molecule has 36 heavy (non-hydrogen) atoms. The van der Waals surface area contributed by atoms with Crippen molar-refractivity contribution in [1.82, 2.24) is 5.32 Å². The largest absolute Gasteiger partial charge is 0.323 e. The first-order valence-corrected chi connectivity index (χ1v) is 13.8. The summed E-state index contributed by atoms with van der Waals surface area (Å²) in [4.78, 5) is 10.1. The highest BCUT2D eigenvalue weighted by Gasteiger charge is 2.39. The van der Waals surface area contributed by atoms with E-state index in [1.165, 1.54) is 81.5 Å². The third-order valence-electron chi connectivity index (χ3n) is 7.11. The van der Waals surface area contributed by atoms with Gasteiger partial charge in [0.15, 0.2) is 25.2 Å². The van der Waals surface area contributed by atoms with Crippen LogP contribution in [-0.2, 0) is 0 Å². The van der Waals surface area contributed by atoms with E-state index in [0.29, 0.717) is 23.2 Å². The zero-order valence-corrected chi connectivity index (χ0v) is 24.1. The molecule has 3 nitrogen and oxygen atoms in total.